The lowest BCUT2D eigenvalue weighted by Crippen LogP contribution is -2.35. The third kappa shape index (κ3) is 4.96. The zero-order valence-electron chi connectivity index (χ0n) is 21.0. The Balaban J connectivity index is 1.30. The van der Waals surface area contributed by atoms with Gasteiger partial charge in [0.05, 0.1) is 22.8 Å². The molecule has 190 valence electrons. The molecule has 0 spiro atoms. The molecule has 1 aliphatic carbocycles. The summed E-state index contributed by atoms with van der Waals surface area (Å²) < 4.78 is 1.88. The van der Waals surface area contributed by atoms with E-state index in [-0.39, 0.29) is 12.5 Å². The quantitative estimate of drug-likeness (QED) is 0.285. The largest absolute Gasteiger partial charge is 0.493 e. The number of aromatic hydroxyl groups is 1. The van der Waals surface area contributed by atoms with Crippen LogP contribution in [0.5, 0.6) is 5.88 Å². The van der Waals surface area contributed by atoms with Crippen LogP contribution in [0, 0.1) is 10.8 Å². The molecule has 2 bridgehead atoms. The number of benzene rings is 1. The Hall–Kier alpha value is -3.01. The normalized spacial score (nSPS) is 23.5. The summed E-state index contributed by atoms with van der Waals surface area (Å²) in [6.45, 7) is 12.2. The van der Waals surface area contributed by atoms with Crippen molar-refractivity contribution in [2.45, 2.75) is 52.7 Å². The van der Waals surface area contributed by atoms with Gasteiger partial charge in [-0.15, -0.1) is 21.6 Å². The molecule has 2 fully saturated rings. The predicted octanol–water partition coefficient (Wildman–Crippen LogP) is 6.07. The number of hydrogen-bond donors (Lipinski definition) is 2. The third-order valence-corrected chi connectivity index (χ3v) is 8.16. The summed E-state index contributed by atoms with van der Waals surface area (Å²) in [6.07, 6.45) is 3.55. The number of nitrogens with zero attached hydrogens (tertiary/aromatic N) is 4. The number of para-hydroxylation sites is 1. The Morgan fingerprint density at radius 1 is 1.25 bits per heavy atom. The van der Waals surface area contributed by atoms with E-state index in [1.807, 2.05) is 46.3 Å². The molecule has 5 rings (SSSR count). The fourth-order valence-corrected chi connectivity index (χ4v) is 6.90. The smallest absolute Gasteiger partial charge is 0.292 e. The maximum Gasteiger partial charge on any atom is 0.292 e. The second-order valence-electron chi connectivity index (χ2n) is 11.2. The number of nitrogens with one attached hydrogen (secondary N) is 1. The van der Waals surface area contributed by atoms with Crippen LogP contribution in [0.25, 0.3) is 16.6 Å². The minimum Gasteiger partial charge on any atom is -0.493 e. The molecule has 3 aromatic rings. The summed E-state index contributed by atoms with van der Waals surface area (Å²) in [6, 6.07) is 12.0. The highest BCUT2D eigenvalue weighted by atomic mass is 32.1. The molecular formula is C27H33N5O3S. The summed E-state index contributed by atoms with van der Waals surface area (Å²) in [5.41, 5.74) is 5.01. The van der Waals surface area contributed by atoms with Gasteiger partial charge >= 0.3 is 0 Å². The highest BCUT2D eigenvalue weighted by Crippen LogP contribution is 2.53. The van der Waals surface area contributed by atoms with Gasteiger partial charge < -0.3 is 5.11 Å². The molecule has 3 heterocycles. The van der Waals surface area contributed by atoms with E-state index in [2.05, 4.69) is 48.0 Å². The van der Waals surface area contributed by atoms with Crippen LogP contribution in [-0.2, 0) is 16.3 Å². The number of carbonyl (C=O) groups excluding carboxylic acids is 1. The molecule has 1 saturated carbocycles. The Labute approximate surface area is 215 Å². The number of likely N-dealkylation sites (tertiary alicyclic amines) is 1. The summed E-state index contributed by atoms with van der Waals surface area (Å²) in [4.78, 5) is 20.9. The third-order valence-electron chi connectivity index (χ3n) is 7.23. The van der Waals surface area contributed by atoms with Crippen molar-refractivity contribution in [3.63, 3.8) is 0 Å². The van der Waals surface area contributed by atoms with Crippen LogP contribution < -0.4 is 5.48 Å². The molecule has 1 aliphatic heterocycles. The van der Waals surface area contributed by atoms with Crippen molar-refractivity contribution in [3.05, 3.63) is 53.2 Å². The van der Waals surface area contributed by atoms with Gasteiger partial charge in [0.25, 0.3) is 5.91 Å². The topological polar surface area (TPSA) is 91.5 Å². The number of rotatable bonds is 8. The second-order valence-corrected chi connectivity index (χ2v) is 12.1. The minimum atomic E-state index is -0.568. The number of fused-ring (bicyclic) bond motifs is 3. The van der Waals surface area contributed by atoms with Gasteiger partial charge in [0.15, 0.2) is 12.3 Å². The first-order valence-electron chi connectivity index (χ1n) is 12.2. The Kier molecular flexibility index (Phi) is 6.48. The first kappa shape index (κ1) is 24.7. The summed E-state index contributed by atoms with van der Waals surface area (Å²) in [5, 5.41) is 21.8. The van der Waals surface area contributed by atoms with Gasteiger partial charge in [0.2, 0.25) is 5.88 Å². The average Bonchev–Trinajstić information content (AvgIpc) is 3.49. The van der Waals surface area contributed by atoms with E-state index in [1.165, 1.54) is 24.2 Å². The summed E-state index contributed by atoms with van der Waals surface area (Å²) in [7, 11) is 0. The lowest BCUT2D eigenvalue weighted by molar-refractivity contribution is -0.124. The lowest BCUT2D eigenvalue weighted by atomic mass is 9.65. The molecule has 1 amide bonds. The van der Waals surface area contributed by atoms with Crippen molar-refractivity contribution in [3.8, 4) is 5.88 Å². The van der Waals surface area contributed by atoms with Gasteiger partial charge in [-0.1, -0.05) is 51.6 Å². The average molecular weight is 508 g/mol. The van der Waals surface area contributed by atoms with Crippen LogP contribution in [0.1, 0.15) is 44.9 Å². The number of hydrogen-bond acceptors (Lipinski definition) is 7. The van der Waals surface area contributed by atoms with E-state index >= 15 is 0 Å². The first-order chi connectivity index (χ1) is 17.1. The van der Waals surface area contributed by atoms with Gasteiger partial charge in [-0.05, 0) is 47.6 Å². The summed E-state index contributed by atoms with van der Waals surface area (Å²) in [5.74, 6) is -0.551. The molecule has 2 N–H and O–H groups in total. The van der Waals surface area contributed by atoms with Gasteiger partial charge in [0.1, 0.15) is 0 Å². The van der Waals surface area contributed by atoms with Crippen molar-refractivity contribution in [2.75, 3.05) is 13.2 Å². The van der Waals surface area contributed by atoms with E-state index < -0.39 is 5.91 Å². The number of aromatic nitrogens is 1. The molecule has 1 saturated heterocycles. The fraction of sp³-hybridized carbons (Fsp3) is 0.444. The number of hydroxylamine groups is 1. The first-order valence-corrected chi connectivity index (χ1v) is 13.1. The van der Waals surface area contributed by atoms with Crippen LogP contribution in [0.15, 0.2) is 58.6 Å². The zero-order chi connectivity index (χ0) is 25.5. The molecule has 9 heteroatoms. The molecule has 2 aliphatic rings. The van der Waals surface area contributed by atoms with Crippen molar-refractivity contribution in [1.82, 2.24) is 14.9 Å². The van der Waals surface area contributed by atoms with Crippen LogP contribution >= 0.6 is 11.3 Å². The van der Waals surface area contributed by atoms with Gasteiger partial charge in [-0.3, -0.25) is 24.6 Å². The lowest BCUT2D eigenvalue weighted by Gasteiger charge is -2.40. The Morgan fingerprint density at radius 3 is 2.83 bits per heavy atom. The Morgan fingerprint density at radius 2 is 2.06 bits per heavy atom. The van der Waals surface area contributed by atoms with Crippen molar-refractivity contribution in [1.29, 1.82) is 0 Å². The van der Waals surface area contributed by atoms with E-state index in [1.54, 1.807) is 0 Å². The second kappa shape index (κ2) is 9.46. The number of azo groups is 1. The minimum absolute atomic E-state index is 0.0173. The highest BCUT2D eigenvalue weighted by Gasteiger charge is 2.49. The number of carbonyl (C=O) groups is 1. The molecule has 8 nitrogen and oxygen atoms in total. The van der Waals surface area contributed by atoms with E-state index in [4.69, 9.17) is 4.84 Å². The maximum atomic E-state index is 12.3. The highest BCUT2D eigenvalue weighted by molar-refractivity contribution is 7.11. The molecule has 0 unspecified atom stereocenters. The Bertz CT molecular complexity index is 1310. The number of amides is 1. The van der Waals surface area contributed by atoms with Crippen LogP contribution in [0.4, 0.5) is 5.69 Å². The van der Waals surface area contributed by atoms with Crippen molar-refractivity contribution in [2.24, 2.45) is 21.1 Å². The van der Waals surface area contributed by atoms with Gasteiger partial charge in [0, 0.05) is 18.0 Å². The van der Waals surface area contributed by atoms with Gasteiger partial charge in [-0.25, -0.2) is 0 Å². The number of thiophene rings is 1. The monoisotopic (exact) mass is 507 g/mol. The standard InChI is InChI=1S/C27H33N5O3S/c1-18(22-10-7-11-36-22)30-35-14-23(33)28-29-24-20-8-5-6-9-21(20)32(25(24)34)17-31-16-27(4)13-19(31)12-26(2,3)15-27/h5-11,19,30,34H,1,12-17H2,2-4H3/t19-,27-/m0/s1. The summed E-state index contributed by atoms with van der Waals surface area (Å²) >= 11 is 1.52. The SMILES string of the molecule is C=C(NOCC(=O)N=Nc1c(O)n(CN2C[C@@]3(C)C[C@@H]2CC(C)(C)C3)c2ccccc12)c1cccs1. The zero-order valence-corrected chi connectivity index (χ0v) is 21.8. The molecule has 1 aromatic carbocycles. The predicted molar refractivity (Wildman–Crippen MR) is 142 cm³/mol. The van der Waals surface area contributed by atoms with Crippen LogP contribution in [0.3, 0.4) is 0 Å². The van der Waals surface area contributed by atoms with Crippen LogP contribution in [-0.4, -0.2) is 39.7 Å². The molecular weight excluding hydrogens is 474 g/mol. The molecule has 36 heavy (non-hydrogen) atoms. The molecule has 2 aromatic heterocycles. The van der Waals surface area contributed by atoms with Crippen molar-refractivity contribution >= 4 is 39.5 Å². The van der Waals surface area contributed by atoms with Crippen molar-refractivity contribution < 1.29 is 14.7 Å². The van der Waals surface area contributed by atoms with Gasteiger partial charge in [-0.2, -0.15) is 0 Å². The van der Waals surface area contributed by atoms with E-state index in [0.717, 1.165) is 28.7 Å². The maximum absolute atomic E-state index is 12.3. The van der Waals surface area contributed by atoms with Crippen LogP contribution in [0.2, 0.25) is 0 Å². The van der Waals surface area contributed by atoms with E-state index in [0.29, 0.717) is 34.9 Å². The van der Waals surface area contributed by atoms with E-state index in [9.17, 15) is 9.90 Å². The molecule has 0 radical (unpaired) electrons. The fourth-order valence-electron chi connectivity index (χ4n) is 6.26. The molecule has 2 atom stereocenters.